The summed E-state index contributed by atoms with van der Waals surface area (Å²) in [5.41, 5.74) is 26.0. The largest absolute Gasteiger partial charge is 0.480 e. The van der Waals surface area contributed by atoms with Crippen molar-refractivity contribution in [2.45, 2.75) is 63.1 Å². The minimum Gasteiger partial charge on any atom is -0.480 e. The molecule has 13 N–H and O–H groups in total. The Balaban J connectivity index is -0.000000350. The summed E-state index contributed by atoms with van der Waals surface area (Å²) < 4.78 is 0. The Hall–Kier alpha value is -1.44. The quantitative estimate of drug-likeness (QED) is 0.154. The van der Waals surface area contributed by atoms with Gasteiger partial charge in [0.05, 0.1) is 0 Å². The van der Waals surface area contributed by atoms with Crippen LogP contribution in [0.1, 0.15) is 44.9 Å². The summed E-state index contributed by atoms with van der Waals surface area (Å²) in [6, 6.07) is -2.12. The number of rotatable bonds is 14. The molecule has 0 saturated heterocycles. The van der Waals surface area contributed by atoms with E-state index in [0.29, 0.717) is 32.4 Å². The minimum atomic E-state index is -0.933. The van der Waals surface area contributed by atoms with Crippen LogP contribution >= 0.6 is 11.8 Å². The van der Waals surface area contributed by atoms with E-state index in [-0.39, 0.29) is 0 Å². The van der Waals surface area contributed by atoms with Crippen LogP contribution in [0.25, 0.3) is 0 Å². The average Bonchev–Trinajstić information content (AvgIpc) is 2.67. The van der Waals surface area contributed by atoms with Gasteiger partial charge in [-0.2, -0.15) is 11.8 Å². The Bertz CT molecular complexity index is 405. The van der Waals surface area contributed by atoms with Gasteiger partial charge in [0.1, 0.15) is 18.1 Å². The fraction of sp³-hybridized carbons (Fsp3) is 0.824. The molecule has 0 amide bonds. The molecule has 3 atom stereocenters. The van der Waals surface area contributed by atoms with Gasteiger partial charge >= 0.3 is 17.9 Å². The van der Waals surface area contributed by atoms with Crippen LogP contribution in [-0.4, -0.2) is 76.5 Å². The number of aliphatic carboxylic acids is 3. The number of hydrogen-bond donors (Lipinski definition) is 8. The molecule has 0 bridgehead atoms. The number of unbranched alkanes of at least 4 members (excludes halogenated alkanes) is 2. The lowest BCUT2D eigenvalue weighted by atomic mass is 10.1. The third kappa shape index (κ3) is 26.6. The van der Waals surface area contributed by atoms with E-state index in [4.69, 9.17) is 44.0 Å². The maximum Gasteiger partial charge on any atom is 0.320 e. The van der Waals surface area contributed by atoms with E-state index in [9.17, 15) is 14.4 Å². The molecule has 29 heavy (non-hydrogen) atoms. The van der Waals surface area contributed by atoms with E-state index in [2.05, 4.69) is 0 Å². The maximum atomic E-state index is 10.1. The fourth-order valence-corrected chi connectivity index (χ4v) is 2.12. The van der Waals surface area contributed by atoms with Crippen LogP contribution in [0.3, 0.4) is 0 Å². The normalized spacial score (nSPS) is 13.0. The van der Waals surface area contributed by atoms with Crippen molar-refractivity contribution in [1.82, 2.24) is 0 Å². The summed E-state index contributed by atoms with van der Waals surface area (Å²) in [5.74, 6) is -1.97. The summed E-state index contributed by atoms with van der Waals surface area (Å²) in [5, 5.41) is 24.9. The molecular weight excluding hydrogens is 402 g/mol. The van der Waals surface area contributed by atoms with Gasteiger partial charge in [0.2, 0.25) is 0 Å². The lowest BCUT2D eigenvalue weighted by molar-refractivity contribution is -0.139. The molecule has 0 fully saturated rings. The predicted octanol–water partition coefficient (Wildman–Crippen LogP) is -0.794. The van der Waals surface area contributed by atoms with Crippen LogP contribution in [0.2, 0.25) is 0 Å². The molecule has 0 unspecified atom stereocenters. The van der Waals surface area contributed by atoms with Crippen LogP contribution in [0, 0.1) is 0 Å². The fourth-order valence-electron chi connectivity index (χ4n) is 1.63. The highest BCUT2D eigenvalue weighted by atomic mass is 32.2. The van der Waals surface area contributed by atoms with Crippen molar-refractivity contribution in [3.8, 4) is 0 Å². The number of carboxylic acids is 3. The lowest BCUT2D eigenvalue weighted by Crippen LogP contribution is -2.30. The van der Waals surface area contributed by atoms with Crippen molar-refractivity contribution in [3.05, 3.63) is 0 Å². The Labute approximate surface area is 176 Å². The molecule has 12 heteroatoms. The molecule has 0 aliphatic heterocycles. The van der Waals surface area contributed by atoms with Gasteiger partial charge in [0.25, 0.3) is 0 Å². The molecule has 0 aromatic rings. The molecule has 0 aliphatic carbocycles. The molecule has 0 saturated carbocycles. The van der Waals surface area contributed by atoms with Gasteiger partial charge in [0, 0.05) is 0 Å². The molecule has 0 rings (SSSR count). The third-order valence-electron chi connectivity index (χ3n) is 3.52. The zero-order valence-electron chi connectivity index (χ0n) is 17.2. The lowest BCUT2D eigenvalue weighted by Gasteiger charge is -2.03. The van der Waals surface area contributed by atoms with E-state index in [1.165, 1.54) is 0 Å². The first-order valence-electron chi connectivity index (χ1n) is 9.39. The first-order chi connectivity index (χ1) is 13.5. The van der Waals surface area contributed by atoms with Crippen LogP contribution < -0.4 is 28.7 Å². The van der Waals surface area contributed by atoms with Crippen LogP contribution in [0.4, 0.5) is 0 Å². The van der Waals surface area contributed by atoms with E-state index in [0.717, 1.165) is 31.4 Å². The Morgan fingerprint density at radius 1 is 0.690 bits per heavy atom. The maximum absolute atomic E-state index is 10.1. The van der Waals surface area contributed by atoms with Gasteiger partial charge < -0.3 is 44.0 Å². The van der Waals surface area contributed by atoms with Gasteiger partial charge in [-0.25, -0.2) is 0 Å². The second-order valence-corrected chi connectivity index (χ2v) is 7.17. The van der Waals surface area contributed by atoms with E-state index >= 15 is 0 Å². The Kier molecular flexibility index (Phi) is 25.4. The van der Waals surface area contributed by atoms with Gasteiger partial charge in [-0.3, -0.25) is 14.4 Å². The predicted molar refractivity (Wildman–Crippen MR) is 116 cm³/mol. The zero-order valence-corrected chi connectivity index (χ0v) is 18.0. The summed E-state index contributed by atoms with van der Waals surface area (Å²) in [4.78, 5) is 30.3. The monoisotopic (exact) mass is 441 g/mol. The summed E-state index contributed by atoms with van der Waals surface area (Å²) in [7, 11) is 0. The Morgan fingerprint density at radius 3 is 1.24 bits per heavy atom. The number of hydrogen-bond acceptors (Lipinski definition) is 9. The highest BCUT2D eigenvalue weighted by molar-refractivity contribution is 7.98. The molecule has 174 valence electrons. The number of nitrogens with two attached hydrogens (primary N) is 5. The summed E-state index contributed by atoms with van der Waals surface area (Å²) in [6.45, 7) is 1.21. The third-order valence-corrected chi connectivity index (χ3v) is 4.17. The van der Waals surface area contributed by atoms with Crippen molar-refractivity contribution < 1.29 is 29.7 Å². The van der Waals surface area contributed by atoms with Crippen molar-refractivity contribution in [2.75, 3.05) is 25.1 Å². The van der Waals surface area contributed by atoms with Gasteiger partial charge in [-0.1, -0.05) is 12.8 Å². The SMILES string of the molecule is CSCC[C@H](N)C(=O)O.NCCCC[C@H](N)C(=O)O.NCCCC[C@H](N)C(=O)O. The zero-order chi connectivity index (χ0) is 23.2. The van der Waals surface area contributed by atoms with Gasteiger partial charge in [0.15, 0.2) is 0 Å². The molecule has 0 aromatic heterocycles. The van der Waals surface area contributed by atoms with E-state index in [1.807, 2.05) is 6.26 Å². The first kappa shape index (κ1) is 32.2. The number of carbonyl (C=O) groups is 3. The number of thioether (sulfide) groups is 1. The van der Waals surface area contributed by atoms with Gasteiger partial charge in [-0.15, -0.1) is 0 Å². The molecule has 0 radical (unpaired) electrons. The molecule has 0 aromatic carbocycles. The molecule has 0 spiro atoms. The number of carboxylic acid groups (broad SMARTS) is 3. The highest BCUT2D eigenvalue weighted by Gasteiger charge is 2.10. The standard InChI is InChI=1S/2C6H14N2O2.C5H11NO2S/c2*7-4-2-1-3-5(8)6(9)10;1-9-3-2-4(6)5(7)8/h2*5H,1-4,7-8H2,(H,9,10);4H,2-3,6H2,1H3,(H,7,8)/t2*5-;4-/m000/s1. The smallest absolute Gasteiger partial charge is 0.320 e. The Morgan fingerprint density at radius 2 is 1.00 bits per heavy atom. The summed E-state index contributed by atoms with van der Waals surface area (Å²) >= 11 is 1.60. The van der Waals surface area contributed by atoms with Crippen LogP contribution in [0.15, 0.2) is 0 Å². The first-order valence-corrected chi connectivity index (χ1v) is 10.8. The highest BCUT2D eigenvalue weighted by Crippen LogP contribution is 1.98. The second-order valence-electron chi connectivity index (χ2n) is 6.18. The van der Waals surface area contributed by atoms with Crippen molar-refractivity contribution in [3.63, 3.8) is 0 Å². The van der Waals surface area contributed by atoms with Crippen LogP contribution in [-0.2, 0) is 14.4 Å². The summed E-state index contributed by atoms with van der Waals surface area (Å²) in [6.07, 6.45) is 6.81. The minimum absolute atomic E-state index is 0.520. The van der Waals surface area contributed by atoms with Crippen molar-refractivity contribution in [1.29, 1.82) is 0 Å². The molecule has 0 aliphatic rings. The van der Waals surface area contributed by atoms with Crippen molar-refractivity contribution in [2.24, 2.45) is 28.7 Å². The van der Waals surface area contributed by atoms with Gasteiger partial charge in [-0.05, 0) is 57.2 Å². The average molecular weight is 442 g/mol. The molecule has 0 heterocycles. The van der Waals surface area contributed by atoms with E-state index in [1.54, 1.807) is 11.8 Å². The second kappa shape index (κ2) is 22.8. The van der Waals surface area contributed by atoms with Crippen molar-refractivity contribution >= 4 is 29.7 Å². The van der Waals surface area contributed by atoms with Crippen LogP contribution in [0.5, 0.6) is 0 Å². The van der Waals surface area contributed by atoms with E-state index < -0.39 is 36.0 Å². The molecular formula is C17H39N5O6S. The molecule has 11 nitrogen and oxygen atoms in total. The topological polar surface area (TPSA) is 242 Å².